The van der Waals surface area contributed by atoms with Crippen LogP contribution >= 0.6 is 0 Å². The molecule has 6 heterocycles. The zero-order chi connectivity index (χ0) is 19.9. The lowest BCUT2D eigenvalue weighted by atomic mass is 10.1. The second-order valence-corrected chi connectivity index (χ2v) is 6.69. The minimum atomic E-state index is 0.626. The van der Waals surface area contributed by atoms with Crippen molar-refractivity contribution in [2.45, 2.75) is 0 Å². The van der Waals surface area contributed by atoms with E-state index in [1.807, 2.05) is 24.3 Å². The minimum Gasteiger partial charge on any atom is -0.335 e. The molecule has 0 unspecified atom stereocenters. The third kappa shape index (κ3) is 2.60. The molecule has 0 radical (unpaired) electrons. The fourth-order valence-corrected chi connectivity index (χ4v) is 3.48. The Labute approximate surface area is 169 Å². The number of pyridine rings is 3. The number of rotatable bonds is 3. The molecule has 9 nitrogen and oxygen atoms in total. The Hall–Kier alpha value is -4.53. The van der Waals surface area contributed by atoms with Gasteiger partial charge in [0.25, 0.3) is 0 Å². The summed E-state index contributed by atoms with van der Waals surface area (Å²) in [6, 6.07) is 7.83. The molecule has 0 spiro atoms. The molecule has 6 rings (SSSR count). The van der Waals surface area contributed by atoms with E-state index in [-0.39, 0.29) is 0 Å². The fraction of sp³-hybridized carbons (Fsp3) is 0. The van der Waals surface area contributed by atoms with Gasteiger partial charge in [-0.1, -0.05) is 0 Å². The highest BCUT2D eigenvalue weighted by Crippen LogP contribution is 2.31. The predicted octanol–water partition coefficient (Wildman–Crippen LogP) is 3.42. The lowest BCUT2D eigenvalue weighted by molar-refractivity contribution is 1.10. The smallest absolute Gasteiger partial charge is 0.178 e. The molecule has 142 valence electrons. The highest BCUT2D eigenvalue weighted by molar-refractivity contribution is 5.96. The average Bonchev–Trinajstić information content (AvgIpc) is 3.43. The van der Waals surface area contributed by atoms with Gasteiger partial charge in [0, 0.05) is 47.5 Å². The standard InChI is InChI=1S/C21H13N9/c1-4-22-5-2-12(1)14-3-6-25-20-18(14)27-21(28-20)19-15-7-16(13-8-23-11-24-9-13)26-10-17(15)29-30-19/h1-11H,(H,29,30)(H,25,27,28). The Bertz CT molecular complexity index is 1490. The molecule has 0 aromatic carbocycles. The van der Waals surface area contributed by atoms with Crippen LogP contribution in [-0.2, 0) is 0 Å². The van der Waals surface area contributed by atoms with Gasteiger partial charge in [-0.3, -0.25) is 15.1 Å². The molecule has 0 saturated carbocycles. The van der Waals surface area contributed by atoms with Crippen molar-refractivity contribution in [2.75, 3.05) is 0 Å². The van der Waals surface area contributed by atoms with Crippen LogP contribution < -0.4 is 0 Å². The second kappa shape index (κ2) is 6.52. The van der Waals surface area contributed by atoms with Crippen LogP contribution in [0.1, 0.15) is 0 Å². The van der Waals surface area contributed by atoms with Gasteiger partial charge < -0.3 is 4.98 Å². The van der Waals surface area contributed by atoms with Crippen LogP contribution in [0.15, 0.2) is 67.8 Å². The van der Waals surface area contributed by atoms with Crippen molar-refractivity contribution in [1.29, 1.82) is 0 Å². The first-order chi connectivity index (χ1) is 14.9. The zero-order valence-corrected chi connectivity index (χ0v) is 15.5. The van der Waals surface area contributed by atoms with Crippen molar-refractivity contribution in [3.8, 4) is 33.9 Å². The van der Waals surface area contributed by atoms with Crippen LogP contribution in [0.25, 0.3) is 56.0 Å². The molecule has 0 saturated heterocycles. The summed E-state index contributed by atoms with van der Waals surface area (Å²) in [4.78, 5) is 29.2. The van der Waals surface area contributed by atoms with Crippen LogP contribution in [0.2, 0.25) is 0 Å². The number of hydrogen-bond acceptors (Lipinski definition) is 7. The molecule has 0 aliphatic heterocycles. The lowest BCUT2D eigenvalue weighted by Gasteiger charge is -2.01. The summed E-state index contributed by atoms with van der Waals surface area (Å²) < 4.78 is 0. The summed E-state index contributed by atoms with van der Waals surface area (Å²) >= 11 is 0. The van der Waals surface area contributed by atoms with Gasteiger partial charge in [0.05, 0.1) is 22.9 Å². The van der Waals surface area contributed by atoms with E-state index in [0.29, 0.717) is 17.2 Å². The van der Waals surface area contributed by atoms with Crippen molar-refractivity contribution in [3.63, 3.8) is 0 Å². The van der Waals surface area contributed by atoms with E-state index in [1.54, 1.807) is 37.2 Å². The van der Waals surface area contributed by atoms with Crippen LogP contribution in [0.4, 0.5) is 0 Å². The third-order valence-electron chi connectivity index (χ3n) is 4.91. The maximum absolute atomic E-state index is 4.68. The molecule has 0 aliphatic rings. The van der Waals surface area contributed by atoms with E-state index >= 15 is 0 Å². The monoisotopic (exact) mass is 391 g/mol. The highest BCUT2D eigenvalue weighted by Gasteiger charge is 2.16. The van der Waals surface area contributed by atoms with Gasteiger partial charge in [-0.2, -0.15) is 5.10 Å². The van der Waals surface area contributed by atoms with E-state index in [9.17, 15) is 0 Å². The van der Waals surface area contributed by atoms with Crippen molar-refractivity contribution < 1.29 is 0 Å². The van der Waals surface area contributed by atoms with Gasteiger partial charge in [-0.15, -0.1) is 0 Å². The summed E-state index contributed by atoms with van der Waals surface area (Å²) in [5.41, 5.74) is 6.62. The number of aromatic amines is 2. The summed E-state index contributed by atoms with van der Waals surface area (Å²) in [5.74, 6) is 0.631. The predicted molar refractivity (Wildman–Crippen MR) is 111 cm³/mol. The number of nitrogens with one attached hydrogen (secondary N) is 2. The van der Waals surface area contributed by atoms with Gasteiger partial charge in [0.15, 0.2) is 11.5 Å². The molecule has 2 N–H and O–H groups in total. The largest absolute Gasteiger partial charge is 0.335 e. The highest BCUT2D eigenvalue weighted by atomic mass is 15.1. The number of nitrogens with zero attached hydrogens (tertiary/aromatic N) is 7. The third-order valence-corrected chi connectivity index (χ3v) is 4.91. The molecular formula is C21H13N9. The first-order valence-corrected chi connectivity index (χ1v) is 9.22. The molecule has 9 heteroatoms. The summed E-state index contributed by atoms with van der Waals surface area (Å²) in [7, 11) is 0. The molecule has 0 bridgehead atoms. The maximum atomic E-state index is 4.68. The van der Waals surface area contributed by atoms with Gasteiger partial charge in [0.2, 0.25) is 0 Å². The van der Waals surface area contributed by atoms with E-state index in [4.69, 9.17) is 0 Å². The van der Waals surface area contributed by atoms with Crippen molar-refractivity contribution >= 4 is 22.1 Å². The van der Waals surface area contributed by atoms with Crippen LogP contribution in [0.3, 0.4) is 0 Å². The van der Waals surface area contributed by atoms with Gasteiger partial charge >= 0.3 is 0 Å². The minimum absolute atomic E-state index is 0.626. The van der Waals surface area contributed by atoms with Gasteiger partial charge in [0.1, 0.15) is 12.0 Å². The number of H-pyrrole nitrogens is 2. The lowest BCUT2D eigenvalue weighted by Crippen LogP contribution is -1.87. The van der Waals surface area contributed by atoms with E-state index < -0.39 is 0 Å². The Morgan fingerprint density at radius 2 is 1.67 bits per heavy atom. The normalized spacial score (nSPS) is 11.3. The Kier molecular flexibility index (Phi) is 3.57. The van der Waals surface area contributed by atoms with Gasteiger partial charge in [-0.05, 0) is 29.8 Å². The summed E-state index contributed by atoms with van der Waals surface area (Å²) in [6.45, 7) is 0. The first-order valence-electron chi connectivity index (χ1n) is 9.22. The number of aromatic nitrogens is 9. The Balaban J connectivity index is 1.52. The first kappa shape index (κ1) is 16.4. The van der Waals surface area contributed by atoms with E-state index in [0.717, 1.165) is 38.8 Å². The number of fused-ring (bicyclic) bond motifs is 2. The van der Waals surface area contributed by atoms with Crippen molar-refractivity contribution in [1.82, 2.24) is 45.1 Å². The molecule has 0 aliphatic carbocycles. The van der Waals surface area contributed by atoms with Gasteiger partial charge in [-0.25, -0.2) is 19.9 Å². The van der Waals surface area contributed by atoms with Crippen LogP contribution in [-0.4, -0.2) is 45.1 Å². The van der Waals surface area contributed by atoms with Crippen molar-refractivity contribution in [3.05, 3.63) is 67.8 Å². The summed E-state index contributed by atoms with van der Waals surface area (Å²) in [5, 5.41) is 8.39. The van der Waals surface area contributed by atoms with Crippen LogP contribution in [0.5, 0.6) is 0 Å². The SMILES string of the molecule is c1cc(-c2ccnc3nc(-c4n[nH]c5cnc(-c6cncnc6)cc45)[nH]c23)ccn1. The second-order valence-electron chi connectivity index (χ2n) is 6.69. The Morgan fingerprint density at radius 3 is 2.53 bits per heavy atom. The zero-order valence-electron chi connectivity index (χ0n) is 15.5. The fourth-order valence-electron chi connectivity index (χ4n) is 3.48. The maximum Gasteiger partial charge on any atom is 0.178 e. The van der Waals surface area contributed by atoms with Crippen molar-refractivity contribution in [2.24, 2.45) is 0 Å². The topological polar surface area (TPSA) is 122 Å². The molecule has 0 fully saturated rings. The molecule has 6 aromatic heterocycles. The summed E-state index contributed by atoms with van der Waals surface area (Å²) in [6.07, 6.45) is 12.0. The Morgan fingerprint density at radius 1 is 0.800 bits per heavy atom. The molecular weight excluding hydrogens is 378 g/mol. The molecule has 6 aromatic rings. The van der Waals surface area contributed by atoms with E-state index in [1.165, 1.54) is 6.33 Å². The number of imidazole rings is 1. The molecule has 0 amide bonds. The van der Waals surface area contributed by atoms with E-state index in [2.05, 4.69) is 45.1 Å². The molecule has 0 atom stereocenters. The van der Waals surface area contributed by atoms with Crippen LogP contribution in [0, 0.1) is 0 Å². The quantitative estimate of drug-likeness (QED) is 0.474. The number of hydrogen-bond donors (Lipinski definition) is 2. The average molecular weight is 391 g/mol. The molecule has 30 heavy (non-hydrogen) atoms.